The smallest absolute Gasteiger partial charge is 0.356 e. The summed E-state index contributed by atoms with van der Waals surface area (Å²) < 4.78 is 61.6. The summed E-state index contributed by atoms with van der Waals surface area (Å²) in [5.74, 6) is 0.544. The largest absolute Gasteiger partial charge is 0.511 e. The fourth-order valence-corrected chi connectivity index (χ4v) is 4.23. The highest BCUT2D eigenvalue weighted by molar-refractivity contribution is 7.90. The van der Waals surface area contributed by atoms with Crippen LogP contribution in [0.15, 0.2) is 29.3 Å². The minimum Gasteiger partial charge on any atom is -0.356 e. The van der Waals surface area contributed by atoms with Crippen LogP contribution in [0.5, 0.6) is 0 Å². The van der Waals surface area contributed by atoms with Crippen molar-refractivity contribution in [2.45, 2.75) is 50.6 Å². The van der Waals surface area contributed by atoms with Crippen molar-refractivity contribution in [3.63, 3.8) is 0 Å². The van der Waals surface area contributed by atoms with Crippen LogP contribution in [0.3, 0.4) is 0 Å². The van der Waals surface area contributed by atoms with Crippen molar-refractivity contribution in [3.8, 4) is 0 Å². The molecule has 1 saturated heterocycles. The highest BCUT2D eigenvalue weighted by Gasteiger charge is 2.50. The standard InChI is InChI=1S/C19H29F3N4O2S/c1-14-6-5-7-15(12-14)18(2,3)13-24-17(23-4)25-16-8-10-26(11-9-16)29(27,28)19(20,21)22/h5-7,12,16H,8-11,13H2,1-4H3,(H2,23,24,25). The van der Waals surface area contributed by atoms with Gasteiger partial charge in [0.25, 0.3) is 0 Å². The normalized spacial score (nSPS) is 18.0. The van der Waals surface area contributed by atoms with Crippen molar-refractivity contribution in [2.75, 3.05) is 26.7 Å². The maximum atomic E-state index is 12.7. The second kappa shape index (κ2) is 8.91. The van der Waals surface area contributed by atoms with E-state index in [4.69, 9.17) is 0 Å². The van der Waals surface area contributed by atoms with Gasteiger partial charge < -0.3 is 10.6 Å². The van der Waals surface area contributed by atoms with Gasteiger partial charge in [0.1, 0.15) is 0 Å². The van der Waals surface area contributed by atoms with Gasteiger partial charge in [-0.3, -0.25) is 4.99 Å². The number of hydrogen-bond acceptors (Lipinski definition) is 3. The number of aryl methyl sites for hydroxylation is 1. The van der Waals surface area contributed by atoms with Gasteiger partial charge in [0.05, 0.1) is 0 Å². The van der Waals surface area contributed by atoms with E-state index in [1.807, 2.05) is 19.1 Å². The molecule has 2 rings (SSSR count). The quantitative estimate of drug-likeness (QED) is 0.552. The van der Waals surface area contributed by atoms with Gasteiger partial charge in [-0.2, -0.15) is 17.5 Å². The molecule has 0 bridgehead atoms. The number of hydrogen-bond donors (Lipinski definition) is 2. The molecule has 0 atom stereocenters. The second-order valence-corrected chi connectivity index (χ2v) is 9.88. The third-order valence-electron chi connectivity index (χ3n) is 5.15. The first-order valence-corrected chi connectivity index (χ1v) is 10.9. The number of alkyl halides is 3. The van der Waals surface area contributed by atoms with Crippen molar-refractivity contribution >= 4 is 16.0 Å². The first kappa shape index (κ1) is 23.5. The Balaban J connectivity index is 1.90. The van der Waals surface area contributed by atoms with Crippen LogP contribution in [0, 0.1) is 6.92 Å². The maximum absolute atomic E-state index is 12.7. The number of benzene rings is 1. The van der Waals surface area contributed by atoms with Crippen molar-refractivity contribution in [1.29, 1.82) is 0 Å². The Morgan fingerprint density at radius 1 is 1.24 bits per heavy atom. The SMILES string of the molecule is CN=C(NCC(C)(C)c1cccc(C)c1)NC1CCN(S(=O)(=O)C(F)(F)F)CC1. The molecule has 0 amide bonds. The molecule has 1 fully saturated rings. The highest BCUT2D eigenvalue weighted by atomic mass is 32.2. The molecule has 10 heteroatoms. The number of nitrogens with zero attached hydrogens (tertiary/aromatic N) is 2. The summed E-state index contributed by atoms with van der Waals surface area (Å²) in [6.45, 7) is 6.53. The average molecular weight is 435 g/mol. The third kappa shape index (κ3) is 5.85. The highest BCUT2D eigenvalue weighted by Crippen LogP contribution is 2.29. The molecular formula is C19H29F3N4O2S. The predicted octanol–water partition coefficient (Wildman–Crippen LogP) is 2.75. The Kier molecular flexibility index (Phi) is 7.21. The number of rotatable bonds is 5. The Morgan fingerprint density at radius 3 is 2.38 bits per heavy atom. The molecule has 0 spiro atoms. The molecule has 0 radical (unpaired) electrons. The predicted molar refractivity (Wildman–Crippen MR) is 108 cm³/mol. The number of sulfonamides is 1. The van der Waals surface area contributed by atoms with Crippen LogP contribution >= 0.6 is 0 Å². The van der Waals surface area contributed by atoms with Crippen LogP contribution in [0.1, 0.15) is 37.8 Å². The van der Waals surface area contributed by atoms with Crippen LogP contribution in [0.25, 0.3) is 0 Å². The molecule has 0 aliphatic carbocycles. The second-order valence-electron chi connectivity index (χ2n) is 7.95. The Morgan fingerprint density at radius 2 is 1.86 bits per heavy atom. The van der Waals surface area contributed by atoms with Crippen LogP contribution in [0.2, 0.25) is 0 Å². The molecule has 0 aromatic heterocycles. The number of piperidine rings is 1. The van der Waals surface area contributed by atoms with Crippen molar-refractivity contribution in [2.24, 2.45) is 4.99 Å². The minimum atomic E-state index is -5.26. The first-order chi connectivity index (χ1) is 13.4. The van der Waals surface area contributed by atoms with E-state index in [0.29, 0.717) is 16.8 Å². The molecule has 1 aromatic carbocycles. The van der Waals surface area contributed by atoms with Crippen molar-refractivity contribution < 1.29 is 21.6 Å². The number of guanidine groups is 1. The monoisotopic (exact) mass is 434 g/mol. The van der Waals surface area contributed by atoms with E-state index < -0.39 is 15.5 Å². The summed E-state index contributed by atoms with van der Waals surface area (Å²) in [5.41, 5.74) is -3.05. The number of aliphatic imine (C=N–C) groups is 1. The van der Waals surface area contributed by atoms with Gasteiger partial charge in [-0.15, -0.1) is 0 Å². The number of nitrogens with one attached hydrogen (secondary N) is 2. The van der Waals surface area contributed by atoms with Gasteiger partial charge in [-0.1, -0.05) is 43.7 Å². The zero-order valence-electron chi connectivity index (χ0n) is 17.2. The molecule has 164 valence electrons. The molecule has 0 saturated carbocycles. The van der Waals surface area contributed by atoms with Crippen LogP contribution in [0.4, 0.5) is 13.2 Å². The van der Waals surface area contributed by atoms with Crippen molar-refractivity contribution in [3.05, 3.63) is 35.4 Å². The summed E-state index contributed by atoms with van der Waals surface area (Å²) in [6.07, 6.45) is 0.550. The molecule has 2 N–H and O–H groups in total. The van der Waals surface area contributed by atoms with E-state index in [9.17, 15) is 21.6 Å². The average Bonchev–Trinajstić information content (AvgIpc) is 2.64. The van der Waals surface area contributed by atoms with E-state index in [1.54, 1.807) is 7.05 Å². The summed E-state index contributed by atoms with van der Waals surface area (Å²) in [4.78, 5) is 4.19. The van der Waals surface area contributed by atoms with Gasteiger partial charge in [-0.25, -0.2) is 8.42 Å². The lowest BCUT2D eigenvalue weighted by molar-refractivity contribution is -0.0494. The first-order valence-electron chi connectivity index (χ1n) is 9.47. The topological polar surface area (TPSA) is 73.8 Å². The van der Waals surface area contributed by atoms with Crippen LogP contribution in [-0.4, -0.2) is 56.9 Å². The zero-order chi connectivity index (χ0) is 21.9. The lowest BCUT2D eigenvalue weighted by Crippen LogP contribution is -2.52. The van der Waals surface area contributed by atoms with E-state index in [0.717, 1.165) is 0 Å². The molecule has 29 heavy (non-hydrogen) atoms. The Bertz CT molecular complexity index is 830. The van der Waals surface area contributed by atoms with Crippen molar-refractivity contribution in [1.82, 2.24) is 14.9 Å². The van der Waals surface area contributed by atoms with Gasteiger partial charge >= 0.3 is 15.5 Å². The lowest BCUT2D eigenvalue weighted by Gasteiger charge is -2.33. The molecule has 1 aliphatic rings. The van der Waals surface area contributed by atoms with E-state index >= 15 is 0 Å². The third-order valence-corrected chi connectivity index (χ3v) is 6.78. The fraction of sp³-hybridized carbons (Fsp3) is 0.632. The fourth-order valence-electron chi connectivity index (χ4n) is 3.25. The van der Waals surface area contributed by atoms with Crippen LogP contribution in [-0.2, 0) is 15.4 Å². The lowest BCUT2D eigenvalue weighted by atomic mass is 9.84. The summed E-state index contributed by atoms with van der Waals surface area (Å²) >= 11 is 0. The molecule has 1 heterocycles. The molecule has 1 aliphatic heterocycles. The summed E-state index contributed by atoms with van der Waals surface area (Å²) in [5, 5.41) is 6.46. The molecule has 0 unspecified atom stereocenters. The minimum absolute atomic E-state index is 0.150. The van der Waals surface area contributed by atoms with E-state index in [1.165, 1.54) is 11.1 Å². The maximum Gasteiger partial charge on any atom is 0.511 e. The van der Waals surface area contributed by atoms with Gasteiger partial charge in [0, 0.05) is 38.1 Å². The Labute approximate surface area is 170 Å². The van der Waals surface area contributed by atoms with Crippen LogP contribution < -0.4 is 10.6 Å². The zero-order valence-corrected chi connectivity index (χ0v) is 18.0. The van der Waals surface area contributed by atoms with E-state index in [2.05, 4.69) is 41.6 Å². The molecule has 6 nitrogen and oxygen atoms in total. The summed E-state index contributed by atoms with van der Waals surface area (Å²) in [6, 6.07) is 8.11. The summed E-state index contributed by atoms with van der Waals surface area (Å²) in [7, 11) is -3.64. The van der Waals surface area contributed by atoms with E-state index in [-0.39, 0.29) is 37.4 Å². The van der Waals surface area contributed by atoms with Gasteiger partial charge in [-0.05, 0) is 25.3 Å². The van der Waals surface area contributed by atoms with Gasteiger partial charge in [0.15, 0.2) is 5.96 Å². The molecule has 1 aromatic rings. The Hall–Kier alpha value is -1.81. The molecular weight excluding hydrogens is 405 g/mol. The van der Waals surface area contributed by atoms with Gasteiger partial charge in [0.2, 0.25) is 0 Å². The number of halogens is 3.